The molecular formula is C26H33N3O3. The lowest BCUT2D eigenvalue weighted by molar-refractivity contribution is -0.132. The maximum absolute atomic E-state index is 13.4. The smallest absolute Gasteiger partial charge is 0.256 e. The van der Waals surface area contributed by atoms with E-state index in [2.05, 4.69) is 17.0 Å². The number of piperazine rings is 1. The van der Waals surface area contributed by atoms with Crippen LogP contribution in [0.3, 0.4) is 0 Å². The molecule has 0 aromatic heterocycles. The van der Waals surface area contributed by atoms with E-state index in [1.54, 1.807) is 7.11 Å². The van der Waals surface area contributed by atoms with Crippen molar-refractivity contribution in [2.45, 2.75) is 32.6 Å². The molecule has 2 aliphatic heterocycles. The van der Waals surface area contributed by atoms with E-state index in [9.17, 15) is 9.59 Å². The Labute approximate surface area is 190 Å². The molecule has 2 amide bonds. The molecule has 4 rings (SSSR count). The van der Waals surface area contributed by atoms with Crippen molar-refractivity contribution in [3.63, 3.8) is 0 Å². The van der Waals surface area contributed by atoms with Gasteiger partial charge >= 0.3 is 0 Å². The maximum Gasteiger partial charge on any atom is 0.256 e. The highest BCUT2D eigenvalue weighted by Gasteiger charge is 2.27. The van der Waals surface area contributed by atoms with Gasteiger partial charge in [-0.3, -0.25) is 9.59 Å². The Morgan fingerprint density at radius 2 is 1.53 bits per heavy atom. The Morgan fingerprint density at radius 3 is 2.19 bits per heavy atom. The van der Waals surface area contributed by atoms with Crippen molar-refractivity contribution in [1.29, 1.82) is 0 Å². The first-order valence-corrected chi connectivity index (χ1v) is 11.6. The van der Waals surface area contributed by atoms with Crippen LogP contribution in [0.1, 0.15) is 40.7 Å². The number of hydrogen-bond donors (Lipinski definition) is 0. The predicted octanol–water partition coefficient (Wildman–Crippen LogP) is 3.52. The summed E-state index contributed by atoms with van der Waals surface area (Å²) in [6.07, 6.45) is 3.55. The van der Waals surface area contributed by atoms with Crippen molar-refractivity contribution < 1.29 is 14.3 Å². The van der Waals surface area contributed by atoms with Gasteiger partial charge in [-0.2, -0.15) is 0 Å². The van der Waals surface area contributed by atoms with E-state index in [-0.39, 0.29) is 11.8 Å². The van der Waals surface area contributed by atoms with Crippen molar-refractivity contribution in [2.75, 3.05) is 51.3 Å². The zero-order valence-corrected chi connectivity index (χ0v) is 19.2. The highest BCUT2D eigenvalue weighted by molar-refractivity contribution is 6.00. The summed E-state index contributed by atoms with van der Waals surface area (Å²) < 4.78 is 5.18. The summed E-state index contributed by atoms with van der Waals surface area (Å²) in [6.45, 7) is 6.42. The largest absolute Gasteiger partial charge is 0.497 e. The first-order valence-electron chi connectivity index (χ1n) is 11.6. The molecule has 2 heterocycles. The molecule has 6 nitrogen and oxygen atoms in total. The molecule has 0 unspecified atom stereocenters. The normalized spacial score (nSPS) is 16.4. The topological polar surface area (TPSA) is 53.1 Å². The minimum atomic E-state index is 0.0842. The van der Waals surface area contributed by atoms with Gasteiger partial charge in [0, 0.05) is 51.4 Å². The van der Waals surface area contributed by atoms with Crippen LogP contribution in [0, 0.1) is 6.92 Å². The lowest BCUT2D eigenvalue weighted by Gasteiger charge is -2.35. The minimum Gasteiger partial charge on any atom is -0.497 e. The quantitative estimate of drug-likeness (QED) is 0.697. The summed E-state index contributed by atoms with van der Waals surface area (Å²) in [5, 5.41) is 0. The van der Waals surface area contributed by atoms with Gasteiger partial charge < -0.3 is 19.4 Å². The third-order valence-corrected chi connectivity index (χ3v) is 6.54. The van der Waals surface area contributed by atoms with Crippen molar-refractivity contribution in [2.24, 2.45) is 0 Å². The maximum atomic E-state index is 13.4. The molecule has 2 fully saturated rings. The summed E-state index contributed by atoms with van der Waals surface area (Å²) in [5.41, 5.74) is 4.08. The summed E-state index contributed by atoms with van der Waals surface area (Å²) in [6, 6.07) is 14.0. The number of anilines is 1. The van der Waals surface area contributed by atoms with Gasteiger partial charge in [-0.05, 0) is 56.0 Å². The number of hydrogen-bond acceptors (Lipinski definition) is 4. The second kappa shape index (κ2) is 10.1. The minimum absolute atomic E-state index is 0.0842. The van der Waals surface area contributed by atoms with Crippen LogP contribution in [-0.2, 0) is 11.2 Å². The van der Waals surface area contributed by atoms with Gasteiger partial charge in [0.15, 0.2) is 0 Å². The Balaban J connectivity index is 1.32. The zero-order chi connectivity index (χ0) is 22.5. The van der Waals surface area contributed by atoms with Gasteiger partial charge in [0.2, 0.25) is 5.91 Å². The van der Waals surface area contributed by atoms with E-state index in [0.29, 0.717) is 39.0 Å². The molecule has 2 saturated heterocycles. The third kappa shape index (κ3) is 5.06. The Kier molecular flexibility index (Phi) is 6.98. The van der Waals surface area contributed by atoms with Crippen molar-refractivity contribution in [3.05, 3.63) is 59.2 Å². The number of carbonyl (C=O) groups excluding carboxylic acids is 2. The van der Waals surface area contributed by atoms with Crippen LogP contribution < -0.4 is 9.64 Å². The van der Waals surface area contributed by atoms with E-state index in [0.717, 1.165) is 41.2 Å². The van der Waals surface area contributed by atoms with E-state index in [4.69, 9.17) is 4.74 Å². The van der Waals surface area contributed by atoms with Crippen LogP contribution in [0.2, 0.25) is 0 Å². The highest BCUT2D eigenvalue weighted by atomic mass is 16.5. The average molecular weight is 436 g/mol. The number of carbonyl (C=O) groups is 2. The van der Waals surface area contributed by atoms with E-state index < -0.39 is 0 Å². The van der Waals surface area contributed by atoms with Crippen molar-refractivity contribution in [3.8, 4) is 5.75 Å². The third-order valence-electron chi connectivity index (χ3n) is 6.54. The van der Waals surface area contributed by atoms with Crippen LogP contribution in [0.4, 0.5) is 5.69 Å². The van der Waals surface area contributed by atoms with Gasteiger partial charge in [-0.15, -0.1) is 0 Å². The van der Waals surface area contributed by atoms with Crippen molar-refractivity contribution >= 4 is 17.5 Å². The summed E-state index contributed by atoms with van der Waals surface area (Å²) in [5.74, 6) is 1.06. The second-order valence-electron chi connectivity index (χ2n) is 8.74. The SMILES string of the molecule is COc1ccc(CCC(=O)N2CCN(C(=O)c3cc(C)ccc3N3CCCC3)CC2)cc1. The monoisotopic (exact) mass is 435 g/mol. The van der Waals surface area contributed by atoms with Gasteiger partial charge in [-0.1, -0.05) is 23.8 Å². The van der Waals surface area contributed by atoms with Crippen LogP contribution in [0.15, 0.2) is 42.5 Å². The highest BCUT2D eigenvalue weighted by Crippen LogP contribution is 2.27. The van der Waals surface area contributed by atoms with E-state index in [1.165, 1.54) is 12.8 Å². The molecule has 0 atom stereocenters. The van der Waals surface area contributed by atoms with Crippen LogP contribution in [-0.4, -0.2) is 68.0 Å². The van der Waals surface area contributed by atoms with Gasteiger partial charge in [-0.25, -0.2) is 0 Å². The number of nitrogens with zero attached hydrogens (tertiary/aromatic N) is 3. The predicted molar refractivity (Wildman–Crippen MR) is 126 cm³/mol. The number of aryl methyl sites for hydroxylation is 2. The summed E-state index contributed by atoms with van der Waals surface area (Å²) in [7, 11) is 1.65. The molecule has 2 aromatic carbocycles. The van der Waals surface area contributed by atoms with Gasteiger partial charge in [0.05, 0.1) is 12.7 Å². The molecule has 0 aliphatic carbocycles. The van der Waals surface area contributed by atoms with Crippen LogP contribution >= 0.6 is 0 Å². The molecule has 0 radical (unpaired) electrons. The van der Waals surface area contributed by atoms with E-state index in [1.807, 2.05) is 47.1 Å². The molecule has 2 aliphatic rings. The first kappa shape index (κ1) is 22.2. The second-order valence-corrected chi connectivity index (χ2v) is 8.74. The first-order chi connectivity index (χ1) is 15.5. The summed E-state index contributed by atoms with van der Waals surface area (Å²) >= 11 is 0. The Bertz CT molecular complexity index is 943. The Morgan fingerprint density at radius 1 is 0.875 bits per heavy atom. The van der Waals surface area contributed by atoms with Crippen molar-refractivity contribution in [1.82, 2.24) is 9.80 Å². The summed E-state index contributed by atoms with van der Waals surface area (Å²) in [4.78, 5) is 32.2. The molecule has 0 spiro atoms. The fourth-order valence-corrected chi connectivity index (χ4v) is 4.59. The van der Waals surface area contributed by atoms with Gasteiger partial charge in [0.1, 0.15) is 5.75 Å². The Hall–Kier alpha value is -3.02. The molecule has 0 bridgehead atoms. The van der Waals surface area contributed by atoms with Crippen LogP contribution in [0.25, 0.3) is 0 Å². The number of benzene rings is 2. The number of ether oxygens (including phenoxy) is 1. The molecule has 6 heteroatoms. The molecule has 32 heavy (non-hydrogen) atoms. The lowest BCUT2D eigenvalue weighted by Crippen LogP contribution is -2.50. The van der Waals surface area contributed by atoms with Crippen LogP contribution in [0.5, 0.6) is 5.75 Å². The fourth-order valence-electron chi connectivity index (χ4n) is 4.59. The molecule has 0 saturated carbocycles. The van der Waals surface area contributed by atoms with E-state index >= 15 is 0 Å². The molecular weight excluding hydrogens is 402 g/mol. The fraction of sp³-hybridized carbons (Fsp3) is 0.462. The number of amides is 2. The molecule has 2 aromatic rings. The lowest BCUT2D eigenvalue weighted by atomic mass is 10.1. The van der Waals surface area contributed by atoms with Gasteiger partial charge in [0.25, 0.3) is 5.91 Å². The number of rotatable bonds is 6. The number of methoxy groups -OCH3 is 1. The average Bonchev–Trinajstić information content (AvgIpc) is 3.37. The molecule has 0 N–H and O–H groups in total. The molecule has 170 valence electrons. The standard InChI is InChI=1S/C26H33N3O3/c1-20-5-11-24(27-13-3-4-14-27)23(19-20)26(31)29-17-15-28(16-18-29)25(30)12-8-21-6-9-22(32-2)10-7-21/h5-7,9-11,19H,3-4,8,12-18H2,1-2H3. The zero-order valence-electron chi connectivity index (χ0n) is 19.2.